The topological polar surface area (TPSA) is 81.4 Å². The van der Waals surface area contributed by atoms with Gasteiger partial charge in [0, 0.05) is 12.5 Å². The minimum atomic E-state index is -0.403. The zero-order valence-electron chi connectivity index (χ0n) is 11.2. The van der Waals surface area contributed by atoms with Crippen molar-refractivity contribution in [1.29, 1.82) is 0 Å². The van der Waals surface area contributed by atoms with Crippen LogP contribution in [0.5, 0.6) is 0 Å². The molecule has 1 aromatic rings. The summed E-state index contributed by atoms with van der Waals surface area (Å²) in [6.45, 7) is -0.271. The third kappa shape index (κ3) is 3.00. The summed E-state index contributed by atoms with van der Waals surface area (Å²) in [7, 11) is 0. The summed E-state index contributed by atoms with van der Waals surface area (Å²) in [6, 6.07) is 1.52. The largest absolute Gasteiger partial charge is 0.456 e. The summed E-state index contributed by atoms with van der Waals surface area (Å²) < 4.78 is 9.60. The first-order valence-electron chi connectivity index (χ1n) is 7.06. The van der Waals surface area contributed by atoms with E-state index in [-0.39, 0.29) is 12.6 Å². The Morgan fingerprint density at radius 1 is 1.40 bits per heavy atom. The Morgan fingerprint density at radius 3 is 2.95 bits per heavy atom. The van der Waals surface area contributed by atoms with Gasteiger partial charge < -0.3 is 14.6 Å². The van der Waals surface area contributed by atoms with Crippen LogP contribution in [-0.4, -0.2) is 23.6 Å². The lowest BCUT2D eigenvalue weighted by Gasteiger charge is -2.20. The number of aromatic nitrogens is 1. The summed E-state index contributed by atoms with van der Waals surface area (Å²) in [4.78, 5) is 23.3. The normalized spacial score (nSPS) is 27.5. The Morgan fingerprint density at radius 2 is 2.30 bits per heavy atom. The average molecular weight is 278 g/mol. The van der Waals surface area contributed by atoms with Crippen LogP contribution in [0.2, 0.25) is 0 Å². The van der Waals surface area contributed by atoms with E-state index < -0.39 is 5.91 Å². The van der Waals surface area contributed by atoms with Crippen molar-refractivity contribution in [1.82, 2.24) is 5.16 Å². The smallest absolute Gasteiger partial charge is 0.306 e. The maximum Gasteiger partial charge on any atom is 0.306 e. The molecule has 0 saturated heterocycles. The lowest BCUT2D eigenvalue weighted by Crippen LogP contribution is -2.23. The van der Waals surface area contributed by atoms with E-state index in [0.29, 0.717) is 24.1 Å². The number of esters is 1. The van der Waals surface area contributed by atoms with Crippen LogP contribution in [0.3, 0.4) is 0 Å². The molecule has 1 amide bonds. The monoisotopic (exact) mass is 278 g/mol. The Bertz CT molecular complexity index is 485. The molecule has 2 fully saturated rings. The fourth-order valence-corrected chi connectivity index (χ4v) is 3.50. The number of ether oxygens (including phenoxy) is 1. The fourth-order valence-electron chi connectivity index (χ4n) is 3.50. The highest BCUT2D eigenvalue weighted by molar-refractivity contribution is 5.91. The van der Waals surface area contributed by atoms with Crippen LogP contribution in [0, 0.1) is 17.8 Å². The minimum Gasteiger partial charge on any atom is -0.456 e. The molecule has 6 heteroatoms. The Kier molecular flexibility index (Phi) is 3.71. The van der Waals surface area contributed by atoms with E-state index in [1.54, 1.807) is 0 Å². The Hall–Kier alpha value is -1.85. The van der Waals surface area contributed by atoms with Crippen LogP contribution in [0.1, 0.15) is 32.1 Å². The molecule has 2 bridgehead atoms. The van der Waals surface area contributed by atoms with Crippen molar-refractivity contribution < 1.29 is 18.8 Å². The Balaban J connectivity index is 1.38. The number of hydrogen-bond acceptors (Lipinski definition) is 5. The minimum absolute atomic E-state index is 0.271. The lowest BCUT2D eigenvalue weighted by atomic mass is 9.86. The molecule has 1 heterocycles. The summed E-state index contributed by atoms with van der Waals surface area (Å²) in [5, 5.41) is 6.02. The molecule has 2 aliphatic rings. The van der Waals surface area contributed by atoms with E-state index >= 15 is 0 Å². The number of hydrogen-bond donors (Lipinski definition) is 1. The molecule has 0 spiro atoms. The van der Waals surface area contributed by atoms with Crippen LogP contribution in [0.25, 0.3) is 0 Å². The van der Waals surface area contributed by atoms with Crippen LogP contribution < -0.4 is 5.32 Å². The first-order valence-corrected chi connectivity index (χ1v) is 7.06. The second kappa shape index (κ2) is 5.64. The van der Waals surface area contributed by atoms with Crippen molar-refractivity contribution in [3.63, 3.8) is 0 Å². The summed E-state index contributed by atoms with van der Waals surface area (Å²) in [6.07, 6.45) is 6.77. The van der Waals surface area contributed by atoms with Gasteiger partial charge in [0.1, 0.15) is 6.26 Å². The van der Waals surface area contributed by atoms with Crippen molar-refractivity contribution in [2.45, 2.75) is 32.1 Å². The second-order valence-corrected chi connectivity index (χ2v) is 5.73. The van der Waals surface area contributed by atoms with Gasteiger partial charge in [0.2, 0.25) is 0 Å². The third-order valence-electron chi connectivity index (χ3n) is 4.38. The standard InChI is InChI=1S/C14H18N2O4/c17-13(15-12-3-4-20-16-12)8-19-14(18)7-11-6-9-1-2-10(11)5-9/h3-4,9-11H,1-2,5-8H2,(H,15,16,17). The molecule has 0 aliphatic heterocycles. The molecule has 6 nitrogen and oxygen atoms in total. The van der Waals surface area contributed by atoms with Crippen molar-refractivity contribution in [2.75, 3.05) is 11.9 Å². The van der Waals surface area contributed by atoms with Crippen LogP contribution in [-0.2, 0) is 14.3 Å². The number of amides is 1. The van der Waals surface area contributed by atoms with Crippen LogP contribution in [0.15, 0.2) is 16.9 Å². The number of nitrogens with one attached hydrogen (secondary N) is 1. The van der Waals surface area contributed by atoms with Gasteiger partial charge in [0.15, 0.2) is 12.4 Å². The molecule has 2 saturated carbocycles. The van der Waals surface area contributed by atoms with E-state index in [4.69, 9.17) is 4.74 Å². The molecule has 3 atom stereocenters. The van der Waals surface area contributed by atoms with Crippen molar-refractivity contribution >= 4 is 17.7 Å². The van der Waals surface area contributed by atoms with Crippen molar-refractivity contribution in [2.24, 2.45) is 17.8 Å². The quantitative estimate of drug-likeness (QED) is 0.833. The number of fused-ring (bicyclic) bond motifs is 2. The highest BCUT2D eigenvalue weighted by Gasteiger charge is 2.40. The van der Waals surface area contributed by atoms with Gasteiger partial charge >= 0.3 is 5.97 Å². The van der Waals surface area contributed by atoms with E-state index in [2.05, 4.69) is 15.0 Å². The number of carbonyl (C=O) groups excluding carboxylic acids is 2. The molecule has 3 rings (SSSR count). The van der Waals surface area contributed by atoms with E-state index in [0.717, 1.165) is 12.3 Å². The molecule has 2 aliphatic carbocycles. The highest BCUT2D eigenvalue weighted by Crippen LogP contribution is 2.49. The van der Waals surface area contributed by atoms with Crippen LogP contribution >= 0.6 is 0 Å². The maximum absolute atomic E-state index is 11.7. The first-order chi connectivity index (χ1) is 9.70. The predicted octanol–water partition coefficient (Wildman–Crippen LogP) is 1.98. The second-order valence-electron chi connectivity index (χ2n) is 5.73. The average Bonchev–Trinajstić information content (AvgIpc) is 3.13. The van der Waals surface area contributed by atoms with Crippen LogP contribution in [0.4, 0.5) is 5.82 Å². The van der Waals surface area contributed by atoms with Gasteiger partial charge in [-0.15, -0.1) is 0 Å². The molecule has 108 valence electrons. The molecular weight excluding hydrogens is 260 g/mol. The number of nitrogens with zero attached hydrogens (tertiary/aromatic N) is 1. The van der Waals surface area contributed by atoms with Gasteiger partial charge in [-0.05, 0) is 37.0 Å². The molecule has 1 N–H and O–H groups in total. The summed E-state index contributed by atoms with van der Waals surface area (Å²) in [5.41, 5.74) is 0. The Labute approximate surface area is 116 Å². The number of anilines is 1. The molecule has 3 unspecified atom stereocenters. The molecule has 0 radical (unpaired) electrons. The zero-order valence-corrected chi connectivity index (χ0v) is 11.2. The summed E-state index contributed by atoms with van der Waals surface area (Å²) in [5.74, 6) is 1.60. The molecule has 1 aromatic heterocycles. The van der Waals surface area contributed by atoms with Gasteiger partial charge in [0.25, 0.3) is 5.91 Å². The van der Waals surface area contributed by atoms with Crippen molar-refractivity contribution in [3.8, 4) is 0 Å². The van der Waals surface area contributed by atoms with Gasteiger partial charge in [0.05, 0.1) is 0 Å². The van der Waals surface area contributed by atoms with Crippen molar-refractivity contribution in [3.05, 3.63) is 12.3 Å². The SMILES string of the molecule is O=C(COC(=O)CC1CC2CCC1C2)Nc1ccon1. The third-order valence-corrected chi connectivity index (χ3v) is 4.38. The van der Waals surface area contributed by atoms with Gasteiger partial charge in [-0.25, -0.2) is 0 Å². The molecule has 0 aromatic carbocycles. The summed E-state index contributed by atoms with van der Waals surface area (Å²) >= 11 is 0. The number of carbonyl (C=O) groups is 2. The van der Waals surface area contributed by atoms with Gasteiger partial charge in [-0.3, -0.25) is 9.59 Å². The molecular formula is C14H18N2O4. The number of rotatable bonds is 5. The zero-order chi connectivity index (χ0) is 13.9. The highest BCUT2D eigenvalue weighted by atomic mass is 16.5. The maximum atomic E-state index is 11.7. The van der Waals surface area contributed by atoms with E-state index in [1.807, 2.05) is 0 Å². The van der Waals surface area contributed by atoms with Gasteiger partial charge in [-0.2, -0.15) is 0 Å². The van der Waals surface area contributed by atoms with E-state index in [9.17, 15) is 9.59 Å². The fraction of sp³-hybridized carbons (Fsp3) is 0.643. The molecule has 20 heavy (non-hydrogen) atoms. The predicted molar refractivity (Wildman–Crippen MR) is 69.6 cm³/mol. The lowest BCUT2D eigenvalue weighted by molar-refractivity contribution is -0.148. The van der Waals surface area contributed by atoms with Gasteiger partial charge in [-0.1, -0.05) is 11.6 Å². The first kappa shape index (κ1) is 13.1. The van der Waals surface area contributed by atoms with E-state index in [1.165, 1.54) is 31.6 Å².